The first-order valence-corrected chi connectivity index (χ1v) is 13.1. The Bertz CT molecular complexity index is 1150. The SMILES string of the molecule is COCCSc1ccccc1C(=O)Nc1nnc(CCNS(=O)(=O)c2ccc(C)cc2)s1. The van der Waals surface area contributed by atoms with Crippen LogP contribution in [0.4, 0.5) is 5.13 Å². The lowest BCUT2D eigenvalue weighted by atomic mass is 10.2. The third kappa shape index (κ3) is 6.84. The summed E-state index contributed by atoms with van der Waals surface area (Å²) in [6.07, 6.45) is 0.363. The van der Waals surface area contributed by atoms with E-state index in [1.807, 2.05) is 19.1 Å². The number of benzene rings is 2. The second kappa shape index (κ2) is 11.5. The molecule has 2 aromatic carbocycles. The molecule has 3 rings (SSSR count). The van der Waals surface area contributed by atoms with Gasteiger partial charge in [-0.1, -0.05) is 41.2 Å². The van der Waals surface area contributed by atoms with Crippen molar-refractivity contribution < 1.29 is 17.9 Å². The summed E-state index contributed by atoms with van der Waals surface area (Å²) in [5, 5.41) is 11.8. The van der Waals surface area contributed by atoms with Gasteiger partial charge >= 0.3 is 0 Å². The zero-order chi connectivity index (χ0) is 23.0. The fraction of sp³-hybridized carbons (Fsp3) is 0.286. The fourth-order valence-electron chi connectivity index (χ4n) is 2.68. The average Bonchev–Trinajstić information content (AvgIpc) is 3.21. The van der Waals surface area contributed by atoms with E-state index in [1.54, 1.807) is 55.3 Å². The van der Waals surface area contributed by atoms with E-state index in [2.05, 4.69) is 20.2 Å². The molecule has 0 fully saturated rings. The minimum absolute atomic E-state index is 0.178. The van der Waals surface area contributed by atoms with Gasteiger partial charge in [-0.25, -0.2) is 13.1 Å². The van der Waals surface area contributed by atoms with E-state index in [9.17, 15) is 13.2 Å². The number of anilines is 1. The molecule has 11 heteroatoms. The summed E-state index contributed by atoms with van der Waals surface area (Å²) in [6.45, 7) is 2.67. The Balaban J connectivity index is 1.55. The third-order valence-corrected chi connectivity index (χ3v) is 7.74. The summed E-state index contributed by atoms with van der Waals surface area (Å²) in [7, 11) is -1.95. The number of carbonyl (C=O) groups is 1. The van der Waals surface area contributed by atoms with E-state index in [0.29, 0.717) is 28.7 Å². The Morgan fingerprint density at radius 1 is 1.12 bits per heavy atom. The number of sulfonamides is 1. The molecule has 0 atom stereocenters. The zero-order valence-electron chi connectivity index (χ0n) is 17.7. The van der Waals surface area contributed by atoms with Gasteiger partial charge in [0, 0.05) is 30.7 Å². The number of amides is 1. The van der Waals surface area contributed by atoms with Gasteiger partial charge in [0.05, 0.1) is 17.1 Å². The summed E-state index contributed by atoms with van der Waals surface area (Å²) >= 11 is 2.76. The average molecular weight is 493 g/mol. The van der Waals surface area contributed by atoms with Gasteiger partial charge in [0.25, 0.3) is 5.91 Å². The van der Waals surface area contributed by atoms with E-state index in [4.69, 9.17) is 4.74 Å². The maximum absolute atomic E-state index is 12.7. The Kier molecular flexibility index (Phi) is 8.76. The van der Waals surface area contributed by atoms with Gasteiger partial charge in [-0.15, -0.1) is 22.0 Å². The number of carbonyl (C=O) groups excluding carboxylic acids is 1. The lowest BCUT2D eigenvalue weighted by Crippen LogP contribution is -2.25. The predicted octanol–water partition coefficient (Wildman–Crippen LogP) is 3.36. The molecule has 0 unspecified atom stereocenters. The topological polar surface area (TPSA) is 110 Å². The molecule has 170 valence electrons. The molecule has 3 aromatic rings. The van der Waals surface area contributed by atoms with E-state index < -0.39 is 10.0 Å². The van der Waals surface area contributed by atoms with Crippen molar-refractivity contribution in [2.75, 3.05) is 31.3 Å². The normalized spacial score (nSPS) is 11.4. The molecule has 32 heavy (non-hydrogen) atoms. The predicted molar refractivity (Wildman–Crippen MR) is 127 cm³/mol. The second-order valence-corrected chi connectivity index (χ2v) is 10.7. The van der Waals surface area contributed by atoms with Crippen molar-refractivity contribution in [3.05, 3.63) is 64.7 Å². The Hall–Kier alpha value is -2.31. The first kappa shape index (κ1) is 24.3. The van der Waals surface area contributed by atoms with Crippen LogP contribution in [0.15, 0.2) is 58.3 Å². The van der Waals surface area contributed by atoms with Crippen molar-refractivity contribution in [2.45, 2.75) is 23.1 Å². The quantitative estimate of drug-likeness (QED) is 0.312. The van der Waals surface area contributed by atoms with Crippen molar-refractivity contribution in [1.82, 2.24) is 14.9 Å². The Labute approximate surface area is 195 Å². The van der Waals surface area contributed by atoms with Crippen LogP contribution < -0.4 is 10.0 Å². The molecular formula is C21H24N4O4S3. The van der Waals surface area contributed by atoms with Crippen LogP contribution in [0.5, 0.6) is 0 Å². The van der Waals surface area contributed by atoms with Crippen LogP contribution in [0.2, 0.25) is 0 Å². The molecule has 1 amide bonds. The zero-order valence-corrected chi connectivity index (χ0v) is 20.1. The summed E-state index contributed by atoms with van der Waals surface area (Å²) < 4.78 is 32.3. The highest BCUT2D eigenvalue weighted by Gasteiger charge is 2.16. The van der Waals surface area contributed by atoms with Crippen LogP contribution in [0.1, 0.15) is 20.9 Å². The van der Waals surface area contributed by atoms with Crippen LogP contribution in [0.3, 0.4) is 0 Å². The number of aromatic nitrogens is 2. The summed E-state index contributed by atoms with van der Waals surface area (Å²) in [5.74, 6) is 0.468. The monoisotopic (exact) mass is 492 g/mol. The van der Waals surface area contributed by atoms with Crippen LogP contribution >= 0.6 is 23.1 Å². The summed E-state index contributed by atoms with van der Waals surface area (Å²) in [6, 6.07) is 14.0. The highest BCUT2D eigenvalue weighted by Crippen LogP contribution is 2.24. The van der Waals surface area contributed by atoms with E-state index in [-0.39, 0.29) is 17.3 Å². The number of hydrogen-bond donors (Lipinski definition) is 2. The number of thioether (sulfide) groups is 1. The smallest absolute Gasteiger partial charge is 0.258 e. The van der Waals surface area contributed by atoms with Crippen molar-refractivity contribution in [1.29, 1.82) is 0 Å². The van der Waals surface area contributed by atoms with Gasteiger partial charge in [0.15, 0.2) is 0 Å². The molecular weight excluding hydrogens is 468 g/mol. The molecule has 8 nitrogen and oxygen atoms in total. The molecule has 1 aromatic heterocycles. The highest BCUT2D eigenvalue weighted by molar-refractivity contribution is 7.99. The van der Waals surface area contributed by atoms with Crippen LogP contribution in [-0.2, 0) is 21.2 Å². The van der Waals surface area contributed by atoms with Crippen molar-refractivity contribution in [2.24, 2.45) is 0 Å². The molecule has 1 heterocycles. The number of methoxy groups -OCH3 is 1. The Morgan fingerprint density at radius 3 is 2.62 bits per heavy atom. The summed E-state index contributed by atoms with van der Waals surface area (Å²) in [4.78, 5) is 13.8. The second-order valence-electron chi connectivity index (χ2n) is 6.75. The molecule has 0 aliphatic heterocycles. The number of hydrogen-bond acceptors (Lipinski definition) is 8. The molecule has 0 bridgehead atoms. The maximum atomic E-state index is 12.7. The molecule has 0 radical (unpaired) electrons. The molecule has 0 aliphatic rings. The van der Waals surface area contributed by atoms with Gasteiger partial charge in [-0.3, -0.25) is 10.1 Å². The Morgan fingerprint density at radius 2 is 1.88 bits per heavy atom. The first-order valence-electron chi connectivity index (χ1n) is 9.80. The number of ether oxygens (including phenoxy) is 1. The molecule has 0 saturated carbocycles. The standard InChI is InChI=1S/C21H24N4O4S3/c1-15-7-9-16(10-8-15)32(27,28)22-12-11-19-24-25-21(31-19)23-20(26)17-5-3-4-6-18(17)30-14-13-29-2/h3-10,22H,11-14H2,1-2H3,(H,23,25,26). The lowest BCUT2D eigenvalue weighted by Gasteiger charge is -2.08. The first-order chi connectivity index (χ1) is 15.4. The largest absolute Gasteiger partial charge is 0.384 e. The van der Waals surface area contributed by atoms with Gasteiger partial charge in [0.2, 0.25) is 15.2 Å². The van der Waals surface area contributed by atoms with Gasteiger partial charge in [0.1, 0.15) is 5.01 Å². The van der Waals surface area contributed by atoms with Gasteiger partial charge in [-0.05, 0) is 31.2 Å². The van der Waals surface area contributed by atoms with E-state index >= 15 is 0 Å². The van der Waals surface area contributed by atoms with Crippen LogP contribution in [0, 0.1) is 6.92 Å². The lowest BCUT2D eigenvalue weighted by molar-refractivity contribution is 0.102. The van der Waals surface area contributed by atoms with Crippen molar-refractivity contribution >= 4 is 44.2 Å². The van der Waals surface area contributed by atoms with Gasteiger partial charge < -0.3 is 4.74 Å². The van der Waals surface area contributed by atoms with E-state index in [1.165, 1.54) is 11.3 Å². The van der Waals surface area contributed by atoms with E-state index in [0.717, 1.165) is 16.2 Å². The number of aryl methyl sites for hydroxylation is 1. The maximum Gasteiger partial charge on any atom is 0.258 e. The van der Waals surface area contributed by atoms with Crippen LogP contribution in [-0.4, -0.2) is 50.5 Å². The fourth-order valence-corrected chi connectivity index (χ4v) is 5.40. The molecule has 2 N–H and O–H groups in total. The summed E-state index contributed by atoms with van der Waals surface area (Å²) in [5.41, 5.74) is 1.54. The molecule has 0 aliphatic carbocycles. The van der Waals surface area contributed by atoms with Gasteiger partial charge in [-0.2, -0.15) is 0 Å². The van der Waals surface area contributed by atoms with Crippen LogP contribution in [0.25, 0.3) is 0 Å². The number of rotatable bonds is 11. The van der Waals surface area contributed by atoms with Crippen molar-refractivity contribution in [3.63, 3.8) is 0 Å². The highest BCUT2D eigenvalue weighted by atomic mass is 32.2. The molecule has 0 saturated heterocycles. The van der Waals surface area contributed by atoms with Crippen molar-refractivity contribution in [3.8, 4) is 0 Å². The minimum atomic E-state index is -3.58. The number of nitrogens with zero attached hydrogens (tertiary/aromatic N) is 2. The minimum Gasteiger partial charge on any atom is -0.384 e. The number of nitrogens with one attached hydrogen (secondary N) is 2. The third-order valence-electron chi connectivity index (χ3n) is 4.33. The molecule has 0 spiro atoms.